The van der Waals surface area contributed by atoms with E-state index in [1.165, 1.54) is 53.9 Å². The summed E-state index contributed by atoms with van der Waals surface area (Å²) in [7, 11) is 0. The lowest BCUT2D eigenvalue weighted by molar-refractivity contribution is -0.385. The van der Waals surface area contributed by atoms with Crippen LogP contribution in [0.1, 0.15) is 5.56 Å². The Morgan fingerprint density at radius 3 is 2.61 bits per heavy atom. The Balaban J connectivity index is 1.46. The molecule has 31 heavy (non-hydrogen) atoms. The number of thiazole rings is 1. The molecule has 0 radical (unpaired) electrons. The van der Waals surface area contributed by atoms with Crippen molar-refractivity contribution in [2.75, 3.05) is 5.43 Å². The van der Waals surface area contributed by atoms with E-state index in [0.717, 1.165) is 11.3 Å². The molecule has 0 atom stereocenters. The van der Waals surface area contributed by atoms with E-state index in [9.17, 15) is 14.5 Å². The van der Waals surface area contributed by atoms with Crippen molar-refractivity contribution in [2.24, 2.45) is 5.10 Å². The van der Waals surface area contributed by atoms with Crippen LogP contribution in [0.25, 0.3) is 11.3 Å². The fourth-order valence-corrected chi connectivity index (χ4v) is 3.37. The normalized spacial score (nSPS) is 10.9. The Hall–Kier alpha value is -4.11. The molecule has 0 fully saturated rings. The third kappa shape index (κ3) is 5.09. The fourth-order valence-electron chi connectivity index (χ4n) is 2.70. The molecule has 0 saturated heterocycles. The molecule has 0 amide bonds. The van der Waals surface area contributed by atoms with Crippen LogP contribution in [0.2, 0.25) is 0 Å². The summed E-state index contributed by atoms with van der Waals surface area (Å²) in [6, 6.07) is 19.4. The molecule has 3 aromatic carbocycles. The van der Waals surface area contributed by atoms with Gasteiger partial charge >= 0.3 is 5.69 Å². The van der Waals surface area contributed by atoms with Crippen LogP contribution in [0.4, 0.5) is 15.2 Å². The molecule has 0 aliphatic rings. The molecule has 0 aliphatic carbocycles. The molecule has 0 aliphatic heterocycles. The number of hydrazone groups is 1. The number of ether oxygens (including phenoxy) is 1. The second kappa shape index (κ2) is 9.14. The first-order valence-electron chi connectivity index (χ1n) is 9.10. The van der Waals surface area contributed by atoms with Crippen molar-refractivity contribution >= 4 is 28.4 Å². The van der Waals surface area contributed by atoms with E-state index in [-0.39, 0.29) is 11.4 Å². The summed E-state index contributed by atoms with van der Waals surface area (Å²) >= 11 is 1.40. The number of benzene rings is 3. The highest BCUT2D eigenvalue weighted by molar-refractivity contribution is 7.14. The number of nitrogens with one attached hydrogen (secondary N) is 1. The van der Waals surface area contributed by atoms with Gasteiger partial charge in [-0.25, -0.2) is 9.37 Å². The van der Waals surface area contributed by atoms with Crippen LogP contribution in [-0.2, 0) is 0 Å². The van der Waals surface area contributed by atoms with Gasteiger partial charge in [-0.05, 0) is 36.4 Å². The van der Waals surface area contributed by atoms with Gasteiger partial charge in [0.25, 0.3) is 0 Å². The van der Waals surface area contributed by atoms with Crippen molar-refractivity contribution in [3.63, 3.8) is 0 Å². The Bertz CT molecular complexity index is 1230. The molecule has 9 heteroatoms. The molecule has 1 N–H and O–H groups in total. The number of hydrogen-bond donors (Lipinski definition) is 1. The van der Waals surface area contributed by atoms with Gasteiger partial charge in [0.1, 0.15) is 11.6 Å². The van der Waals surface area contributed by atoms with Gasteiger partial charge < -0.3 is 4.74 Å². The first-order chi connectivity index (χ1) is 15.1. The van der Waals surface area contributed by atoms with Crippen LogP contribution in [-0.4, -0.2) is 16.1 Å². The summed E-state index contributed by atoms with van der Waals surface area (Å²) in [6.07, 6.45) is 1.46. The zero-order chi connectivity index (χ0) is 21.6. The molecular weight excluding hydrogens is 419 g/mol. The monoisotopic (exact) mass is 434 g/mol. The minimum Gasteiger partial charge on any atom is -0.450 e. The van der Waals surface area contributed by atoms with Crippen LogP contribution in [0.15, 0.2) is 83.3 Å². The van der Waals surface area contributed by atoms with E-state index in [1.807, 2.05) is 35.7 Å². The predicted octanol–water partition coefficient (Wildman–Crippen LogP) is 6.10. The number of halogens is 1. The minimum atomic E-state index is -0.545. The van der Waals surface area contributed by atoms with Crippen molar-refractivity contribution < 1.29 is 14.1 Å². The molecule has 1 heterocycles. The fraction of sp³-hybridized carbons (Fsp3) is 0. The van der Waals surface area contributed by atoms with Crippen LogP contribution < -0.4 is 10.2 Å². The maximum Gasteiger partial charge on any atom is 0.312 e. The Kier molecular flexibility index (Phi) is 5.95. The number of nitrogens with zero attached hydrogens (tertiary/aromatic N) is 3. The molecule has 154 valence electrons. The summed E-state index contributed by atoms with van der Waals surface area (Å²) in [6.45, 7) is 0. The number of anilines is 1. The summed E-state index contributed by atoms with van der Waals surface area (Å²) < 4.78 is 18.5. The van der Waals surface area contributed by atoms with E-state index in [2.05, 4.69) is 15.5 Å². The van der Waals surface area contributed by atoms with Crippen molar-refractivity contribution in [1.82, 2.24) is 4.98 Å². The second-order valence-corrected chi connectivity index (χ2v) is 7.17. The van der Waals surface area contributed by atoms with Gasteiger partial charge in [0.2, 0.25) is 10.9 Å². The number of nitro benzene ring substituents is 1. The van der Waals surface area contributed by atoms with Crippen molar-refractivity contribution in [1.29, 1.82) is 0 Å². The highest BCUT2D eigenvalue weighted by atomic mass is 32.1. The van der Waals surface area contributed by atoms with E-state index in [1.54, 1.807) is 6.07 Å². The summed E-state index contributed by atoms with van der Waals surface area (Å²) in [5.74, 6) is -0.0725. The smallest absolute Gasteiger partial charge is 0.312 e. The van der Waals surface area contributed by atoms with Crippen molar-refractivity contribution in [2.45, 2.75) is 0 Å². The largest absolute Gasteiger partial charge is 0.450 e. The van der Waals surface area contributed by atoms with Gasteiger partial charge in [-0.2, -0.15) is 5.10 Å². The predicted molar refractivity (Wildman–Crippen MR) is 118 cm³/mol. The van der Waals surface area contributed by atoms with E-state index < -0.39 is 10.7 Å². The van der Waals surface area contributed by atoms with Crippen LogP contribution >= 0.6 is 11.3 Å². The first kappa shape index (κ1) is 20.2. The lowest BCUT2D eigenvalue weighted by atomic mass is 10.2. The quantitative estimate of drug-likeness (QED) is 0.216. The first-order valence-corrected chi connectivity index (χ1v) is 9.98. The maximum atomic E-state index is 13.0. The zero-order valence-corrected chi connectivity index (χ0v) is 16.8. The molecule has 0 bridgehead atoms. The van der Waals surface area contributed by atoms with Crippen LogP contribution in [0.3, 0.4) is 0 Å². The third-order valence-corrected chi connectivity index (χ3v) is 4.92. The van der Waals surface area contributed by atoms with Crippen LogP contribution in [0.5, 0.6) is 11.5 Å². The maximum absolute atomic E-state index is 13.0. The van der Waals surface area contributed by atoms with Gasteiger partial charge in [-0.15, -0.1) is 11.3 Å². The van der Waals surface area contributed by atoms with Crippen molar-refractivity contribution in [3.8, 4) is 22.8 Å². The average Bonchev–Trinajstić information content (AvgIpc) is 3.26. The lowest BCUT2D eigenvalue weighted by Gasteiger charge is -2.06. The minimum absolute atomic E-state index is 0.0501. The highest BCUT2D eigenvalue weighted by Gasteiger charge is 2.16. The molecular formula is C22H15FN4O3S. The number of rotatable bonds is 7. The number of nitro groups is 1. The second-order valence-electron chi connectivity index (χ2n) is 6.31. The van der Waals surface area contributed by atoms with Crippen molar-refractivity contribution in [3.05, 3.63) is 99.7 Å². The third-order valence-electron chi connectivity index (χ3n) is 4.17. The van der Waals surface area contributed by atoms with E-state index >= 15 is 0 Å². The summed E-state index contributed by atoms with van der Waals surface area (Å²) in [5.41, 5.74) is 4.95. The molecule has 4 rings (SSSR count). The lowest BCUT2D eigenvalue weighted by Crippen LogP contribution is -1.96. The standard InChI is InChI=1S/C22H15FN4O3S/c23-17-7-9-18(10-8-17)30-21-11-6-15(12-20(21)27(28)29)13-24-26-22-25-19(14-31-22)16-4-2-1-3-5-16/h1-14H,(H,25,26). The topological polar surface area (TPSA) is 89.7 Å². The number of aromatic nitrogens is 1. The van der Waals surface area contributed by atoms with Gasteiger partial charge in [0.05, 0.1) is 16.8 Å². The Labute approximate surface area is 180 Å². The van der Waals surface area contributed by atoms with Gasteiger partial charge in [0.15, 0.2) is 0 Å². The number of hydrogen-bond acceptors (Lipinski definition) is 7. The summed E-state index contributed by atoms with van der Waals surface area (Å²) in [5, 5.41) is 18.1. The van der Waals surface area contributed by atoms with E-state index in [0.29, 0.717) is 16.4 Å². The zero-order valence-electron chi connectivity index (χ0n) is 15.9. The molecule has 0 unspecified atom stereocenters. The molecule has 7 nitrogen and oxygen atoms in total. The Morgan fingerprint density at radius 1 is 1.10 bits per heavy atom. The average molecular weight is 434 g/mol. The van der Waals surface area contributed by atoms with E-state index in [4.69, 9.17) is 4.74 Å². The Morgan fingerprint density at radius 2 is 1.87 bits per heavy atom. The summed E-state index contributed by atoms with van der Waals surface area (Å²) in [4.78, 5) is 15.4. The molecule has 1 aromatic heterocycles. The van der Waals surface area contributed by atoms with Gasteiger partial charge in [0, 0.05) is 22.6 Å². The molecule has 0 spiro atoms. The van der Waals surface area contributed by atoms with Crippen LogP contribution in [0, 0.1) is 15.9 Å². The SMILES string of the molecule is O=[N+]([O-])c1cc(C=NNc2nc(-c3ccccc3)cs2)ccc1Oc1ccc(F)cc1. The molecule has 4 aromatic rings. The molecule has 0 saturated carbocycles. The van der Waals surface area contributed by atoms with Gasteiger partial charge in [-0.3, -0.25) is 15.5 Å². The van der Waals surface area contributed by atoms with Gasteiger partial charge in [-0.1, -0.05) is 30.3 Å². The highest BCUT2D eigenvalue weighted by Crippen LogP contribution is 2.32.